The van der Waals surface area contributed by atoms with Gasteiger partial charge in [0.05, 0.1) is 6.42 Å². The van der Waals surface area contributed by atoms with Gasteiger partial charge in [0.15, 0.2) is 0 Å². The molecule has 0 bridgehead atoms. The largest absolute Gasteiger partial charge is 0.481 e. The number of aliphatic carboxylic acids is 1. The Morgan fingerprint density at radius 2 is 2.06 bits per heavy atom. The van der Waals surface area contributed by atoms with Crippen molar-refractivity contribution in [1.82, 2.24) is 0 Å². The highest BCUT2D eigenvalue weighted by Crippen LogP contribution is 2.25. The van der Waals surface area contributed by atoms with Crippen molar-refractivity contribution in [2.45, 2.75) is 26.7 Å². The van der Waals surface area contributed by atoms with Gasteiger partial charge in [0.2, 0.25) is 5.91 Å². The van der Waals surface area contributed by atoms with Crippen LogP contribution in [0.25, 0.3) is 0 Å². The molecule has 0 aliphatic rings. The van der Waals surface area contributed by atoms with E-state index in [1.54, 1.807) is 19.1 Å². The summed E-state index contributed by atoms with van der Waals surface area (Å²) in [5, 5.41) is 9.25. The van der Waals surface area contributed by atoms with E-state index in [9.17, 15) is 9.59 Å². The molecule has 1 N–H and O–H groups in total. The number of carbonyl (C=O) groups is 2. The van der Waals surface area contributed by atoms with E-state index in [0.29, 0.717) is 17.1 Å². The average molecular weight is 270 g/mol. The second-order valence-electron chi connectivity index (χ2n) is 3.97. The van der Waals surface area contributed by atoms with Crippen molar-refractivity contribution in [3.05, 3.63) is 28.8 Å². The monoisotopic (exact) mass is 269 g/mol. The molecule has 18 heavy (non-hydrogen) atoms. The molecule has 0 unspecified atom stereocenters. The van der Waals surface area contributed by atoms with E-state index in [0.717, 1.165) is 5.56 Å². The maximum atomic E-state index is 11.9. The summed E-state index contributed by atoms with van der Waals surface area (Å²) >= 11 is 5.92. The van der Waals surface area contributed by atoms with Crippen molar-refractivity contribution < 1.29 is 14.7 Å². The number of amides is 1. The molecule has 0 heterocycles. The molecule has 0 aliphatic heterocycles. The number of hydrogen-bond acceptors (Lipinski definition) is 2. The van der Waals surface area contributed by atoms with Crippen LogP contribution in [0.2, 0.25) is 5.02 Å². The molecule has 0 spiro atoms. The molecule has 98 valence electrons. The molecule has 4 nitrogen and oxygen atoms in total. The van der Waals surface area contributed by atoms with Gasteiger partial charge in [-0.1, -0.05) is 24.6 Å². The molecular formula is C13H16ClNO3. The maximum absolute atomic E-state index is 11.9. The Bertz CT molecular complexity index is 460. The zero-order valence-corrected chi connectivity index (χ0v) is 11.2. The highest BCUT2D eigenvalue weighted by Gasteiger charge is 2.17. The molecule has 0 aliphatic carbocycles. The molecule has 0 saturated heterocycles. The highest BCUT2D eigenvalue weighted by molar-refractivity contribution is 6.31. The van der Waals surface area contributed by atoms with Gasteiger partial charge < -0.3 is 10.0 Å². The van der Waals surface area contributed by atoms with E-state index in [1.165, 1.54) is 4.90 Å². The van der Waals surface area contributed by atoms with Crippen LogP contribution >= 0.6 is 11.6 Å². The van der Waals surface area contributed by atoms with Gasteiger partial charge >= 0.3 is 5.97 Å². The Hall–Kier alpha value is -1.55. The number of halogens is 1. The molecule has 1 rings (SSSR count). The minimum absolute atomic E-state index is 0.0856. The predicted molar refractivity (Wildman–Crippen MR) is 71.1 cm³/mol. The van der Waals surface area contributed by atoms with Crippen LogP contribution in [0.1, 0.15) is 25.3 Å². The topological polar surface area (TPSA) is 57.6 Å². The molecule has 0 atom stereocenters. The first kappa shape index (κ1) is 14.5. The Balaban J connectivity index is 3.04. The number of aryl methyl sites for hydroxylation is 1. The molecule has 0 aromatic heterocycles. The molecule has 0 saturated carbocycles. The van der Waals surface area contributed by atoms with Crippen molar-refractivity contribution in [2.75, 3.05) is 11.4 Å². The summed E-state index contributed by atoms with van der Waals surface area (Å²) in [4.78, 5) is 24.0. The Morgan fingerprint density at radius 3 is 2.61 bits per heavy atom. The fourth-order valence-electron chi connectivity index (χ4n) is 1.65. The lowest BCUT2D eigenvalue weighted by molar-refractivity contribution is -0.136. The Morgan fingerprint density at radius 1 is 1.39 bits per heavy atom. The number of nitrogens with zero attached hydrogens (tertiary/aromatic N) is 1. The minimum atomic E-state index is -0.927. The van der Waals surface area contributed by atoms with Gasteiger partial charge in [-0.3, -0.25) is 9.59 Å². The Kier molecular flexibility index (Phi) is 5.16. The average Bonchev–Trinajstić information content (AvgIpc) is 2.32. The van der Waals surface area contributed by atoms with Crippen LogP contribution in [0, 0.1) is 6.92 Å². The van der Waals surface area contributed by atoms with E-state index in [1.807, 2.05) is 13.0 Å². The summed E-state index contributed by atoms with van der Waals surface area (Å²) in [6.07, 6.45) is 0.239. The summed E-state index contributed by atoms with van der Waals surface area (Å²) in [7, 11) is 0. The van der Waals surface area contributed by atoms with Crippen molar-refractivity contribution in [3.8, 4) is 0 Å². The van der Waals surface area contributed by atoms with E-state index in [4.69, 9.17) is 16.7 Å². The summed E-state index contributed by atoms with van der Waals surface area (Å²) < 4.78 is 0. The van der Waals surface area contributed by atoms with Crippen LogP contribution in [-0.2, 0) is 9.59 Å². The van der Waals surface area contributed by atoms with Gasteiger partial charge in [-0.25, -0.2) is 0 Å². The molecule has 0 radical (unpaired) electrons. The standard InChI is InChI=1S/C13H16ClNO3/c1-3-12(16)15(7-6-13(17)18)11-8-10(14)5-4-9(11)2/h4-5,8H,3,6-7H2,1-2H3,(H,17,18). The molecule has 1 amide bonds. The number of carboxylic acid groups (broad SMARTS) is 1. The highest BCUT2D eigenvalue weighted by atomic mass is 35.5. The minimum Gasteiger partial charge on any atom is -0.481 e. The quantitative estimate of drug-likeness (QED) is 0.894. The van der Waals surface area contributed by atoms with Gasteiger partial charge in [0, 0.05) is 23.7 Å². The van der Waals surface area contributed by atoms with Crippen molar-refractivity contribution in [3.63, 3.8) is 0 Å². The molecular weight excluding hydrogens is 254 g/mol. The summed E-state index contributed by atoms with van der Waals surface area (Å²) in [5.74, 6) is -1.04. The van der Waals surface area contributed by atoms with Crippen molar-refractivity contribution >= 4 is 29.2 Å². The van der Waals surface area contributed by atoms with Crippen molar-refractivity contribution in [2.24, 2.45) is 0 Å². The van der Waals surface area contributed by atoms with Crippen LogP contribution in [-0.4, -0.2) is 23.5 Å². The fraction of sp³-hybridized carbons (Fsp3) is 0.385. The van der Waals surface area contributed by atoms with E-state index in [-0.39, 0.29) is 18.9 Å². The first-order valence-corrected chi connectivity index (χ1v) is 6.11. The lowest BCUT2D eigenvalue weighted by atomic mass is 10.1. The number of carboxylic acids is 1. The summed E-state index contributed by atoms with van der Waals surface area (Å²) in [6, 6.07) is 5.24. The third-order valence-corrected chi connectivity index (χ3v) is 2.85. The lowest BCUT2D eigenvalue weighted by Gasteiger charge is -2.23. The molecule has 0 fully saturated rings. The van der Waals surface area contributed by atoms with Gasteiger partial charge in [-0.05, 0) is 24.6 Å². The lowest BCUT2D eigenvalue weighted by Crippen LogP contribution is -2.32. The van der Waals surface area contributed by atoms with Gasteiger partial charge in [-0.15, -0.1) is 0 Å². The number of benzene rings is 1. The zero-order chi connectivity index (χ0) is 13.7. The number of hydrogen-bond donors (Lipinski definition) is 1. The number of rotatable bonds is 5. The number of anilines is 1. The normalized spacial score (nSPS) is 10.2. The van der Waals surface area contributed by atoms with Crippen LogP contribution in [0.4, 0.5) is 5.69 Å². The first-order chi connectivity index (χ1) is 8.45. The van der Waals surface area contributed by atoms with Crippen LogP contribution < -0.4 is 4.90 Å². The summed E-state index contributed by atoms with van der Waals surface area (Å²) in [5.41, 5.74) is 1.57. The van der Waals surface area contributed by atoms with Crippen LogP contribution in [0.3, 0.4) is 0 Å². The smallest absolute Gasteiger partial charge is 0.305 e. The molecule has 1 aromatic rings. The zero-order valence-electron chi connectivity index (χ0n) is 10.4. The maximum Gasteiger partial charge on any atom is 0.305 e. The first-order valence-electron chi connectivity index (χ1n) is 5.74. The van der Waals surface area contributed by atoms with E-state index < -0.39 is 5.97 Å². The van der Waals surface area contributed by atoms with Crippen LogP contribution in [0.5, 0.6) is 0 Å². The molecule has 1 aromatic carbocycles. The molecule has 5 heteroatoms. The van der Waals surface area contributed by atoms with Gasteiger partial charge in [-0.2, -0.15) is 0 Å². The Labute approximate surface area is 111 Å². The second-order valence-corrected chi connectivity index (χ2v) is 4.41. The fourth-order valence-corrected chi connectivity index (χ4v) is 1.82. The predicted octanol–water partition coefficient (Wildman–Crippen LogP) is 2.87. The SMILES string of the molecule is CCC(=O)N(CCC(=O)O)c1cc(Cl)ccc1C. The van der Waals surface area contributed by atoms with Crippen LogP contribution in [0.15, 0.2) is 18.2 Å². The van der Waals surface area contributed by atoms with Crippen molar-refractivity contribution in [1.29, 1.82) is 0 Å². The van der Waals surface area contributed by atoms with Gasteiger partial charge in [0.1, 0.15) is 0 Å². The number of carbonyl (C=O) groups excluding carboxylic acids is 1. The van der Waals surface area contributed by atoms with Gasteiger partial charge in [0.25, 0.3) is 0 Å². The summed E-state index contributed by atoms with van der Waals surface area (Å²) in [6.45, 7) is 3.77. The second kappa shape index (κ2) is 6.40. The third-order valence-electron chi connectivity index (χ3n) is 2.61. The van der Waals surface area contributed by atoms with E-state index in [2.05, 4.69) is 0 Å². The van der Waals surface area contributed by atoms with E-state index >= 15 is 0 Å². The third kappa shape index (κ3) is 3.74.